The molecule has 0 amide bonds. The molecule has 1 aromatic carbocycles. The minimum Gasteiger partial charge on any atom is -0.336 e. The van der Waals surface area contributed by atoms with Crippen molar-refractivity contribution in [2.75, 3.05) is 0 Å². The van der Waals surface area contributed by atoms with Crippen molar-refractivity contribution in [3.8, 4) is 0 Å². The Morgan fingerprint density at radius 3 is 2.52 bits per heavy atom. The maximum atomic E-state index is 12.3. The lowest BCUT2D eigenvalue weighted by molar-refractivity contribution is 0.563. The first-order valence-electron chi connectivity index (χ1n) is 6.79. The molecule has 0 aliphatic carbocycles. The third-order valence-electron chi connectivity index (χ3n) is 3.30. The molecule has 1 aromatic heterocycles. The summed E-state index contributed by atoms with van der Waals surface area (Å²) in [6.07, 6.45) is 3.03. The zero-order valence-corrected chi connectivity index (χ0v) is 13.0. The highest BCUT2D eigenvalue weighted by Crippen LogP contribution is 2.16. The Kier molecular flexibility index (Phi) is 4.76. The Morgan fingerprint density at radius 1 is 1.33 bits per heavy atom. The molecule has 1 unspecified atom stereocenters. The van der Waals surface area contributed by atoms with Gasteiger partial charge in [0.25, 0.3) is 10.0 Å². The second kappa shape index (κ2) is 6.38. The number of imidazole rings is 1. The first kappa shape index (κ1) is 15.7. The minimum atomic E-state index is -3.62. The molecular weight excluding hydrogens is 288 g/mol. The van der Waals surface area contributed by atoms with Crippen molar-refractivity contribution in [1.29, 1.82) is 0 Å². The lowest BCUT2D eigenvalue weighted by Gasteiger charge is -2.14. The Labute approximate surface area is 125 Å². The van der Waals surface area contributed by atoms with Crippen LogP contribution in [-0.2, 0) is 23.1 Å². The molecule has 1 atom stereocenters. The van der Waals surface area contributed by atoms with Gasteiger partial charge in [0.1, 0.15) is 0 Å². The summed E-state index contributed by atoms with van der Waals surface area (Å²) in [5.41, 5.74) is 7.44. The molecule has 2 rings (SSSR count). The van der Waals surface area contributed by atoms with Crippen LogP contribution in [0.3, 0.4) is 0 Å². The second-order valence-electron chi connectivity index (χ2n) is 4.83. The molecule has 0 aliphatic rings. The van der Waals surface area contributed by atoms with Gasteiger partial charge in [0.15, 0.2) is 5.03 Å². The zero-order chi connectivity index (χ0) is 15.5. The van der Waals surface area contributed by atoms with Crippen LogP contribution in [0.1, 0.15) is 31.0 Å². The average Bonchev–Trinajstić information content (AvgIpc) is 2.96. The van der Waals surface area contributed by atoms with Crippen LogP contribution in [0.25, 0.3) is 0 Å². The lowest BCUT2D eigenvalue weighted by Crippen LogP contribution is -2.27. The summed E-state index contributed by atoms with van der Waals surface area (Å²) < 4.78 is 28.9. The van der Waals surface area contributed by atoms with Gasteiger partial charge in [-0.1, -0.05) is 24.3 Å². The normalized spacial score (nSPS) is 13.3. The van der Waals surface area contributed by atoms with Crippen LogP contribution in [0.4, 0.5) is 0 Å². The molecule has 0 bridgehead atoms. The standard InChI is InChI=1S/C14H20N4O2S/c1-3-18-9-14(16-10-18)21(19,20)17-11(2)13-6-4-12(8-15)5-7-13/h4-7,9-11,17H,3,8,15H2,1-2H3. The maximum Gasteiger partial charge on any atom is 0.260 e. The number of hydrogen-bond acceptors (Lipinski definition) is 4. The topological polar surface area (TPSA) is 90.0 Å². The molecule has 0 fully saturated rings. The highest BCUT2D eigenvalue weighted by molar-refractivity contribution is 7.89. The number of aromatic nitrogens is 2. The van der Waals surface area contributed by atoms with E-state index in [-0.39, 0.29) is 11.1 Å². The SMILES string of the molecule is CCn1cnc(S(=O)(=O)NC(C)c2ccc(CN)cc2)c1. The van der Waals surface area contributed by atoms with Gasteiger partial charge in [-0.3, -0.25) is 0 Å². The van der Waals surface area contributed by atoms with E-state index in [1.165, 1.54) is 12.5 Å². The lowest BCUT2D eigenvalue weighted by atomic mass is 10.1. The van der Waals surface area contributed by atoms with Crippen molar-refractivity contribution in [2.24, 2.45) is 5.73 Å². The van der Waals surface area contributed by atoms with Crippen LogP contribution in [0, 0.1) is 0 Å². The summed E-state index contributed by atoms with van der Waals surface area (Å²) in [6.45, 7) is 4.87. The van der Waals surface area contributed by atoms with Crippen LogP contribution < -0.4 is 10.5 Å². The number of rotatable bonds is 6. The third kappa shape index (κ3) is 3.69. The number of benzene rings is 1. The van der Waals surface area contributed by atoms with Crippen LogP contribution >= 0.6 is 0 Å². The number of aryl methyl sites for hydroxylation is 1. The Balaban J connectivity index is 2.14. The summed E-state index contributed by atoms with van der Waals surface area (Å²) in [7, 11) is -3.62. The van der Waals surface area contributed by atoms with E-state index in [1.54, 1.807) is 11.5 Å². The fourth-order valence-electron chi connectivity index (χ4n) is 1.95. The largest absolute Gasteiger partial charge is 0.336 e. The molecule has 114 valence electrons. The Hall–Kier alpha value is -1.70. The number of hydrogen-bond donors (Lipinski definition) is 2. The van der Waals surface area contributed by atoms with Crippen molar-refractivity contribution >= 4 is 10.0 Å². The predicted octanol–water partition coefficient (Wildman–Crippen LogP) is 1.40. The van der Waals surface area contributed by atoms with Crippen LogP contribution in [-0.4, -0.2) is 18.0 Å². The monoisotopic (exact) mass is 308 g/mol. The van der Waals surface area contributed by atoms with E-state index < -0.39 is 10.0 Å². The number of nitrogens with two attached hydrogens (primary N) is 1. The zero-order valence-electron chi connectivity index (χ0n) is 12.2. The summed E-state index contributed by atoms with van der Waals surface area (Å²) in [5, 5.41) is 0.0368. The minimum absolute atomic E-state index is 0.0368. The van der Waals surface area contributed by atoms with Gasteiger partial charge in [-0.25, -0.2) is 18.1 Å². The first-order chi connectivity index (χ1) is 9.96. The van der Waals surface area contributed by atoms with Gasteiger partial charge in [-0.15, -0.1) is 0 Å². The highest BCUT2D eigenvalue weighted by atomic mass is 32.2. The fourth-order valence-corrected chi connectivity index (χ4v) is 3.14. The van der Waals surface area contributed by atoms with Crippen molar-refractivity contribution in [3.63, 3.8) is 0 Å². The van der Waals surface area contributed by atoms with E-state index in [9.17, 15) is 8.42 Å². The number of sulfonamides is 1. The molecule has 3 N–H and O–H groups in total. The summed E-state index contributed by atoms with van der Waals surface area (Å²) in [6, 6.07) is 7.20. The molecule has 0 aliphatic heterocycles. The van der Waals surface area contributed by atoms with Gasteiger partial charge in [0, 0.05) is 25.3 Å². The predicted molar refractivity (Wildman–Crippen MR) is 81.0 cm³/mol. The number of nitrogens with one attached hydrogen (secondary N) is 1. The van der Waals surface area contributed by atoms with Crippen molar-refractivity contribution in [2.45, 2.75) is 38.0 Å². The van der Waals surface area contributed by atoms with E-state index in [2.05, 4.69) is 9.71 Å². The van der Waals surface area contributed by atoms with E-state index in [1.807, 2.05) is 31.2 Å². The van der Waals surface area contributed by atoms with Crippen molar-refractivity contribution in [3.05, 3.63) is 47.9 Å². The van der Waals surface area contributed by atoms with Gasteiger partial charge in [0.2, 0.25) is 0 Å². The second-order valence-corrected chi connectivity index (χ2v) is 6.49. The third-order valence-corrected chi connectivity index (χ3v) is 4.72. The van der Waals surface area contributed by atoms with Gasteiger partial charge in [-0.05, 0) is 25.0 Å². The van der Waals surface area contributed by atoms with E-state index in [4.69, 9.17) is 5.73 Å². The average molecular weight is 308 g/mol. The maximum absolute atomic E-state index is 12.3. The van der Waals surface area contributed by atoms with E-state index in [0.29, 0.717) is 13.1 Å². The van der Waals surface area contributed by atoms with Crippen molar-refractivity contribution < 1.29 is 8.42 Å². The number of nitrogens with zero attached hydrogens (tertiary/aromatic N) is 2. The summed E-state index contributed by atoms with van der Waals surface area (Å²) in [4.78, 5) is 3.93. The van der Waals surface area contributed by atoms with Gasteiger partial charge in [0.05, 0.1) is 6.33 Å². The molecule has 0 radical (unpaired) electrons. The highest BCUT2D eigenvalue weighted by Gasteiger charge is 2.20. The van der Waals surface area contributed by atoms with Crippen LogP contribution in [0.2, 0.25) is 0 Å². The molecule has 7 heteroatoms. The quantitative estimate of drug-likeness (QED) is 0.844. The summed E-state index contributed by atoms with van der Waals surface area (Å²) in [5.74, 6) is 0. The van der Waals surface area contributed by atoms with Gasteiger partial charge in [-0.2, -0.15) is 0 Å². The molecule has 0 spiro atoms. The van der Waals surface area contributed by atoms with Gasteiger partial charge >= 0.3 is 0 Å². The smallest absolute Gasteiger partial charge is 0.260 e. The van der Waals surface area contributed by atoms with Crippen LogP contribution in [0.5, 0.6) is 0 Å². The van der Waals surface area contributed by atoms with E-state index in [0.717, 1.165) is 11.1 Å². The molecular formula is C14H20N4O2S. The molecule has 6 nitrogen and oxygen atoms in total. The Bertz CT molecular complexity index is 692. The molecule has 1 heterocycles. The van der Waals surface area contributed by atoms with E-state index >= 15 is 0 Å². The van der Waals surface area contributed by atoms with Crippen LogP contribution in [0.15, 0.2) is 41.8 Å². The molecule has 0 saturated heterocycles. The van der Waals surface area contributed by atoms with Gasteiger partial charge < -0.3 is 10.3 Å². The fraction of sp³-hybridized carbons (Fsp3) is 0.357. The Morgan fingerprint density at radius 2 is 2.00 bits per heavy atom. The van der Waals surface area contributed by atoms with Crippen molar-refractivity contribution in [1.82, 2.24) is 14.3 Å². The molecule has 2 aromatic rings. The molecule has 0 saturated carbocycles. The summed E-state index contributed by atoms with van der Waals surface area (Å²) >= 11 is 0. The first-order valence-corrected chi connectivity index (χ1v) is 8.27. The molecule has 21 heavy (non-hydrogen) atoms.